The zero-order chi connectivity index (χ0) is 12.8. The van der Waals surface area contributed by atoms with Crippen LogP contribution in [0, 0.1) is 0 Å². The lowest BCUT2D eigenvalue weighted by Gasteiger charge is -2.22. The van der Waals surface area contributed by atoms with Crippen LogP contribution in [-0.4, -0.2) is 24.4 Å². The molecule has 3 nitrogen and oxygen atoms in total. The Morgan fingerprint density at radius 1 is 1.17 bits per heavy atom. The molecule has 0 amide bonds. The van der Waals surface area contributed by atoms with Crippen molar-refractivity contribution in [1.82, 2.24) is 5.32 Å². The molecule has 0 aromatic heterocycles. The number of aliphatic hydroxyl groups excluding tert-OH is 1. The van der Waals surface area contributed by atoms with Crippen molar-refractivity contribution in [2.45, 2.75) is 50.9 Å². The van der Waals surface area contributed by atoms with Crippen LogP contribution in [0.25, 0.3) is 0 Å². The largest absolute Gasteiger partial charge is 0.488 e. The van der Waals surface area contributed by atoms with Gasteiger partial charge in [0.2, 0.25) is 0 Å². The number of ether oxygens (including phenoxy) is 1. The SMILES string of the molecule is CNCc1ccc(OC2CCCCCC2O)cc1. The molecule has 0 radical (unpaired) electrons. The summed E-state index contributed by atoms with van der Waals surface area (Å²) in [5.74, 6) is 0.862. The third kappa shape index (κ3) is 3.72. The van der Waals surface area contributed by atoms with E-state index in [0.29, 0.717) is 0 Å². The molecule has 100 valence electrons. The Labute approximate surface area is 109 Å². The van der Waals surface area contributed by atoms with E-state index in [2.05, 4.69) is 17.4 Å². The van der Waals surface area contributed by atoms with E-state index in [9.17, 15) is 5.11 Å². The fourth-order valence-electron chi connectivity index (χ4n) is 2.46. The predicted octanol–water partition coefficient (Wildman–Crippen LogP) is 2.48. The second-order valence-electron chi connectivity index (χ2n) is 5.04. The van der Waals surface area contributed by atoms with Crippen molar-refractivity contribution in [3.63, 3.8) is 0 Å². The highest BCUT2D eigenvalue weighted by atomic mass is 16.5. The van der Waals surface area contributed by atoms with Gasteiger partial charge in [0.05, 0.1) is 6.10 Å². The number of nitrogens with one attached hydrogen (secondary N) is 1. The Balaban J connectivity index is 1.94. The molecule has 3 heteroatoms. The molecular formula is C15H23NO2. The van der Waals surface area contributed by atoms with Gasteiger partial charge in [-0.05, 0) is 44.0 Å². The molecule has 2 N–H and O–H groups in total. The van der Waals surface area contributed by atoms with Crippen molar-refractivity contribution < 1.29 is 9.84 Å². The smallest absolute Gasteiger partial charge is 0.124 e. The molecule has 2 rings (SSSR count). The average molecular weight is 249 g/mol. The molecule has 0 bridgehead atoms. The van der Waals surface area contributed by atoms with Crippen LogP contribution in [-0.2, 0) is 6.54 Å². The van der Waals surface area contributed by atoms with Crippen molar-refractivity contribution in [2.24, 2.45) is 0 Å². The predicted molar refractivity (Wildman–Crippen MR) is 72.7 cm³/mol. The minimum absolute atomic E-state index is 0.0392. The first-order valence-electron chi connectivity index (χ1n) is 6.88. The van der Waals surface area contributed by atoms with Gasteiger partial charge in [0, 0.05) is 6.54 Å². The summed E-state index contributed by atoms with van der Waals surface area (Å²) in [5.41, 5.74) is 1.24. The first-order valence-corrected chi connectivity index (χ1v) is 6.88. The van der Waals surface area contributed by atoms with Gasteiger partial charge >= 0.3 is 0 Å². The molecule has 1 aromatic carbocycles. The van der Waals surface area contributed by atoms with Crippen LogP contribution in [0.2, 0.25) is 0 Å². The third-order valence-corrected chi connectivity index (χ3v) is 3.51. The van der Waals surface area contributed by atoms with Gasteiger partial charge in [0.25, 0.3) is 0 Å². The fourth-order valence-corrected chi connectivity index (χ4v) is 2.46. The van der Waals surface area contributed by atoms with E-state index in [1.165, 1.54) is 12.0 Å². The molecule has 0 spiro atoms. The zero-order valence-corrected chi connectivity index (χ0v) is 11.1. The Morgan fingerprint density at radius 3 is 2.61 bits per heavy atom. The van der Waals surface area contributed by atoms with Crippen LogP contribution >= 0.6 is 0 Å². The van der Waals surface area contributed by atoms with Crippen LogP contribution in [0.1, 0.15) is 37.7 Å². The van der Waals surface area contributed by atoms with E-state index in [0.717, 1.165) is 38.0 Å². The molecule has 0 heterocycles. The summed E-state index contributed by atoms with van der Waals surface area (Å²) in [6.45, 7) is 0.867. The lowest BCUT2D eigenvalue weighted by atomic mass is 10.1. The standard InChI is InChI=1S/C15H23NO2/c1-16-11-12-7-9-13(10-8-12)18-15-6-4-2-3-5-14(15)17/h7-10,14-17H,2-6,11H2,1H3. The van der Waals surface area contributed by atoms with Gasteiger partial charge in [-0.25, -0.2) is 0 Å². The Kier molecular flexibility index (Phi) is 5.02. The highest BCUT2D eigenvalue weighted by Gasteiger charge is 2.23. The monoisotopic (exact) mass is 249 g/mol. The summed E-state index contributed by atoms with van der Waals surface area (Å²) in [7, 11) is 1.94. The normalized spacial score (nSPS) is 24.6. The lowest BCUT2D eigenvalue weighted by Crippen LogP contribution is -2.30. The van der Waals surface area contributed by atoms with Crippen LogP contribution in [0.15, 0.2) is 24.3 Å². The summed E-state index contributed by atoms with van der Waals surface area (Å²) in [6.07, 6.45) is 4.94. The molecular weight excluding hydrogens is 226 g/mol. The highest BCUT2D eigenvalue weighted by Crippen LogP contribution is 2.23. The molecule has 0 saturated heterocycles. The van der Waals surface area contributed by atoms with Crippen LogP contribution in [0.3, 0.4) is 0 Å². The highest BCUT2D eigenvalue weighted by molar-refractivity contribution is 5.27. The van der Waals surface area contributed by atoms with E-state index in [1.807, 2.05) is 19.2 Å². The van der Waals surface area contributed by atoms with Crippen molar-refractivity contribution in [3.8, 4) is 5.75 Å². The van der Waals surface area contributed by atoms with E-state index in [4.69, 9.17) is 4.74 Å². The quantitative estimate of drug-likeness (QED) is 0.806. The first kappa shape index (κ1) is 13.4. The first-order chi connectivity index (χ1) is 8.79. The Morgan fingerprint density at radius 2 is 1.89 bits per heavy atom. The maximum atomic E-state index is 10.0. The molecule has 1 aliphatic rings. The Hall–Kier alpha value is -1.06. The average Bonchev–Trinajstić information content (AvgIpc) is 2.58. The summed E-state index contributed by atoms with van der Waals surface area (Å²) >= 11 is 0. The molecule has 1 saturated carbocycles. The van der Waals surface area contributed by atoms with Gasteiger partial charge in [0.15, 0.2) is 0 Å². The minimum atomic E-state index is -0.315. The van der Waals surface area contributed by atoms with Crippen molar-refractivity contribution in [1.29, 1.82) is 0 Å². The summed E-state index contributed by atoms with van der Waals surface area (Å²) in [4.78, 5) is 0. The van der Waals surface area contributed by atoms with E-state index >= 15 is 0 Å². The van der Waals surface area contributed by atoms with E-state index in [1.54, 1.807) is 0 Å². The number of hydrogen-bond acceptors (Lipinski definition) is 3. The number of aliphatic hydroxyl groups is 1. The molecule has 1 aromatic rings. The van der Waals surface area contributed by atoms with Crippen LogP contribution in [0.5, 0.6) is 5.75 Å². The third-order valence-electron chi connectivity index (χ3n) is 3.51. The maximum absolute atomic E-state index is 10.0. The molecule has 0 aliphatic heterocycles. The summed E-state index contributed by atoms with van der Waals surface area (Å²) < 4.78 is 5.91. The van der Waals surface area contributed by atoms with Crippen molar-refractivity contribution >= 4 is 0 Å². The fraction of sp³-hybridized carbons (Fsp3) is 0.600. The summed E-state index contributed by atoms with van der Waals surface area (Å²) in [6, 6.07) is 8.11. The van der Waals surface area contributed by atoms with Gasteiger partial charge in [-0.15, -0.1) is 0 Å². The lowest BCUT2D eigenvalue weighted by molar-refractivity contribution is 0.0320. The number of hydrogen-bond donors (Lipinski definition) is 2. The topological polar surface area (TPSA) is 41.5 Å². The second-order valence-corrected chi connectivity index (χ2v) is 5.04. The molecule has 18 heavy (non-hydrogen) atoms. The van der Waals surface area contributed by atoms with Gasteiger partial charge < -0.3 is 15.2 Å². The summed E-state index contributed by atoms with van der Waals surface area (Å²) in [5, 5.41) is 13.1. The maximum Gasteiger partial charge on any atom is 0.124 e. The van der Waals surface area contributed by atoms with Gasteiger partial charge in [0.1, 0.15) is 11.9 Å². The minimum Gasteiger partial charge on any atom is -0.488 e. The molecule has 2 atom stereocenters. The van der Waals surface area contributed by atoms with E-state index < -0.39 is 0 Å². The van der Waals surface area contributed by atoms with Crippen molar-refractivity contribution in [2.75, 3.05) is 7.05 Å². The van der Waals surface area contributed by atoms with Crippen LogP contribution < -0.4 is 10.1 Å². The zero-order valence-electron chi connectivity index (χ0n) is 11.1. The Bertz CT molecular complexity index is 350. The van der Waals surface area contributed by atoms with Gasteiger partial charge in [-0.2, -0.15) is 0 Å². The molecule has 1 aliphatic carbocycles. The van der Waals surface area contributed by atoms with Gasteiger partial charge in [-0.3, -0.25) is 0 Å². The number of rotatable bonds is 4. The second kappa shape index (κ2) is 6.76. The molecule has 1 fully saturated rings. The van der Waals surface area contributed by atoms with Gasteiger partial charge in [-0.1, -0.05) is 25.0 Å². The number of benzene rings is 1. The molecule has 2 unspecified atom stereocenters. The van der Waals surface area contributed by atoms with Crippen molar-refractivity contribution in [3.05, 3.63) is 29.8 Å². The van der Waals surface area contributed by atoms with Crippen LogP contribution in [0.4, 0.5) is 0 Å². The van der Waals surface area contributed by atoms with E-state index in [-0.39, 0.29) is 12.2 Å².